The molecule has 0 saturated heterocycles. The van der Waals surface area contributed by atoms with Crippen molar-refractivity contribution in [2.75, 3.05) is 13.2 Å². The van der Waals surface area contributed by atoms with Crippen molar-refractivity contribution >= 4 is 0 Å². The largest absolute Gasteiger partial charge is 0.394 e. The van der Waals surface area contributed by atoms with E-state index >= 15 is 0 Å². The molecule has 1 N–H and O–H groups in total. The normalized spacial score (nSPS) is 17.6. The number of hydrogen-bond donors (Lipinski definition) is 1. The van der Waals surface area contributed by atoms with Crippen molar-refractivity contribution < 1.29 is 9.50 Å². The lowest BCUT2D eigenvalue weighted by molar-refractivity contribution is 0.0509. The van der Waals surface area contributed by atoms with E-state index in [1.807, 2.05) is 24.4 Å². The van der Waals surface area contributed by atoms with Crippen LogP contribution in [0.5, 0.6) is 0 Å². The third-order valence-electron chi connectivity index (χ3n) is 6.20. The monoisotopic (exact) mass is 384 g/mol. The van der Waals surface area contributed by atoms with E-state index in [0.29, 0.717) is 12.5 Å². The second kappa shape index (κ2) is 9.53. The maximum atomic E-state index is 13.6. The van der Waals surface area contributed by atoms with Crippen LogP contribution in [0.4, 0.5) is 4.39 Å². The van der Waals surface area contributed by atoms with E-state index in [0.717, 1.165) is 18.7 Å². The number of benzene rings is 1. The van der Waals surface area contributed by atoms with Crippen LogP contribution in [0, 0.1) is 11.7 Å². The van der Waals surface area contributed by atoms with Gasteiger partial charge in [-0.05, 0) is 55.5 Å². The van der Waals surface area contributed by atoms with Crippen molar-refractivity contribution in [3.8, 4) is 0 Å². The first-order valence-electron chi connectivity index (χ1n) is 10.4. The van der Waals surface area contributed by atoms with Gasteiger partial charge in [-0.3, -0.25) is 4.90 Å². The van der Waals surface area contributed by atoms with Crippen LogP contribution in [0.15, 0.2) is 55.3 Å². The average Bonchev–Trinajstić information content (AvgIpc) is 3.14. The summed E-state index contributed by atoms with van der Waals surface area (Å²) in [5.41, 5.74) is 1.66. The first-order valence-corrected chi connectivity index (χ1v) is 10.4. The highest BCUT2D eigenvalue weighted by Crippen LogP contribution is 2.29. The standard InChI is InChI=1S/C24H33FN2O/c1-3-24(2,19-28)27(17-20-9-5-4-6-10-20)18-23-13-8-14-26(23)16-21-11-7-12-22(25)15-21/h3,7-8,11-15,20,28H,1,4-6,9-10,16-19H2,2H3/t24-/m1/s1. The zero-order valence-corrected chi connectivity index (χ0v) is 17.0. The van der Waals surface area contributed by atoms with Gasteiger partial charge < -0.3 is 9.67 Å². The quantitative estimate of drug-likeness (QED) is 0.617. The van der Waals surface area contributed by atoms with Gasteiger partial charge in [0.15, 0.2) is 0 Å². The Labute approximate surface area is 168 Å². The second-order valence-corrected chi connectivity index (χ2v) is 8.36. The maximum Gasteiger partial charge on any atom is 0.123 e. The van der Waals surface area contributed by atoms with E-state index in [4.69, 9.17) is 0 Å². The third kappa shape index (κ3) is 5.12. The van der Waals surface area contributed by atoms with Gasteiger partial charge in [-0.25, -0.2) is 4.39 Å². The fraction of sp³-hybridized carbons (Fsp3) is 0.500. The highest BCUT2D eigenvalue weighted by Gasteiger charge is 2.31. The number of aliphatic hydroxyl groups is 1. The van der Waals surface area contributed by atoms with E-state index in [1.54, 1.807) is 12.1 Å². The Kier molecular flexibility index (Phi) is 7.08. The van der Waals surface area contributed by atoms with Gasteiger partial charge in [0, 0.05) is 31.5 Å². The van der Waals surface area contributed by atoms with Crippen molar-refractivity contribution in [2.24, 2.45) is 5.92 Å². The molecule has 3 nitrogen and oxygen atoms in total. The molecular weight excluding hydrogens is 351 g/mol. The Morgan fingerprint density at radius 2 is 2.04 bits per heavy atom. The molecule has 1 saturated carbocycles. The zero-order chi connectivity index (χ0) is 20.0. The van der Waals surface area contributed by atoms with Crippen LogP contribution in [-0.4, -0.2) is 33.3 Å². The smallest absolute Gasteiger partial charge is 0.123 e. The summed E-state index contributed by atoms with van der Waals surface area (Å²) in [7, 11) is 0. The molecule has 0 aliphatic heterocycles. The van der Waals surface area contributed by atoms with Crippen LogP contribution in [0.25, 0.3) is 0 Å². The number of nitrogens with zero attached hydrogens (tertiary/aromatic N) is 2. The molecule has 152 valence electrons. The van der Waals surface area contributed by atoms with E-state index < -0.39 is 5.54 Å². The zero-order valence-electron chi connectivity index (χ0n) is 17.0. The van der Waals surface area contributed by atoms with Gasteiger partial charge in [0.25, 0.3) is 0 Å². The Bertz CT molecular complexity index is 765. The van der Waals surface area contributed by atoms with E-state index in [1.165, 1.54) is 43.9 Å². The van der Waals surface area contributed by atoms with Crippen LogP contribution in [0.3, 0.4) is 0 Å². The summed E-state index contributed by atoms with van der Waals surface area (Å²) in [6.45, 7) is 8.45. The third-order valence-corrected chi connectivity index (χ3v) is 6.20. The Morgan fingerprint density at radius 3 is 2.71 bits per heavy atom. The molecule has 1 heterocycles. The Morgan fingerprint density at radius 1 is 1.25 bits per heavy atom. The van der Waals surface area contributed by atoms with Crippen LogP contribution < -0.4 is 0 Å². The molecule has 0 unspecified atom stereocenters. The lowest BCUT2D eigenvalue weighted by atomic mass is 9.87. The number of aromatic nitrogens is 1. The molecule has 0 spiro atoms. The molecule has 1 aromatic heterocycles. The molecule has 1 fully saturated rings. The van der Waals surface area contributed by atoms with Crippen molar-refractivity contribution in [3.63, 3.8) is 0 Å². The van der Waals surface area contributed by atoms with Gasteiger partial charge in [-0.2, -0.15) is 0 Å². The predicted molar refractivity (Wildman–Crippen MR) is 113 cm³/mol. The van der Waals surface area contributed by atoms with Gasteiger partial charge in [-0.1, -0.05) is 37.5 Å². The van der Waals surface area contributed by atoms with Crippen LogP contribution >= 0.6 is 0 Å². The maximum absolute atomic E-state index is 13.6. The molecule has 1 aliphatic rings. The fourth-order valence-corrected chi connectivity index (χ4v) is 4.20. The highest BCUT2D eigenvalue weighted by molar-refractivity contribution is 5.19. The number of rotatable bonds is 9. The average molecular weight is 385 g/mol. The predicted octanol–water partition coefficient (Wildman–Crippen LogP) is 4.99. The number of halogens is 1. The summed E-state index contributed by atoms with van der Waals surface area (Å²) in [6, 6.07) is 10.9. The summed E-state index contributed by atoms with van der Waals surface area (Å²) in [6.07, 6.45) is 10.4. The fourth-order valence-electron chi connectivity index (χ4n) is 4.20. The summed E-state index contributed by atoms with van der Waals surface area (Å²) < 4.78 is 15.7. The SMILES string of the molecule is C=C[C@](C)(CO)N(Cc1cccn1Cc1cccc(F)c1)CC1CCCCC1. The molecular formula is C24H33FN2O. The summed E-state index contributed by atoms with van der Waals surface area (Å²) in [5.74, 6) is 0.468. The lowest BCUT2D eigenvalue weighted by Gasteiger charge is -2.41. The summed E-state index contributed by atoms with van der Waals surface area (Å²) in [4.78, 5) is 2.37. The lowest BCUT2D eigenvalue weighted by Crippen LogP contribution is -2.49. The molecule has 3 rings (SSSR count). The summed E-state index contributed by atoms with van der Waals surface area (Å²) in [5, 5.41) is 10.1. The van der Waals surface area contributed by atoms with E-state index in [9.17, 15) is 9.50 Å². The minimum Gasteiger partial charge on any atom is -0.394 e. The topological polar surface area (TPSA) is 28.4 Å². The van der Waals surface area contributed by atoms with Gasteiger partial charge in [-0.15, -0.1) is 6.58 Å². The molecule has 4 heteroatoms. The molecule has 0 bridgehead atoms. The molecule has 1 aromatic carbocycles. The molecule has 0 radical (unpaired) electrons. The van der Waals surface area contributed by atoms with Crippen LogP contribution in [-0.2, 0) is 13.1 Å². The number of aliphatic hydroxyl groups excluding tert-OH is 1. The van der Waals surface area contributed by atoms with Crippen molar-refractivity contribution in [2.45, 2.75) is 57.7 Å². The van der Waals surface area contributed by atoms with E-state index in [-0.39, 0.29) is 12.4 Å². The van der Waals surface area contributed by atoms with Crippen LogP contribution in [0.2, 0.25) is 0 Å². The van der Waals surface area contributed by atoms with Crippen molar-refractivity contribution in [3.05, 3.63) is 72.3 Å². The molecule has 2 aromatic rings. The Hall–Kier alpha value is -1.91. The second-order valence-electron chi connectivity index (χ2n) is 8.36. The minimum atomic E-state index is -0.453. The number of hydrogen-bond acceptors (Lipinski definition) is 2. The van der Waals surface area contributed by atoms with Gasteiger partial charge in [0.1, 0.15) is 5.82 Å². The molecule has 1 atom stereocenters. The summed E-state index contributed by atoms with van der Waals surface area (Å²) >= 11 is 0. The molecule has 28 heavy (non-hydrogen) atoms. The van der Waals surface area contributed by atoms with Gasteiger partial charge in [0.2, 0.25) is 0 Å². The minimum absolute atomic E-state index is 0.0494. The van der Waals surface area contributed by atoms with E-state index in [2.05, 4.69) is 29.0 Å². The van der Waals surface area contributed by atoms with Crippen molar-refractivity contribution in [1.29, 1.82) is 0 Å². The van der Waals surface area contributed by atoms with Crippen molar-refractivity contribution in [1.82, 2.24) is 9.47 Å². The highest BCUT2D eigenvalue weighted by atomic mass is 19.1. The first kappa shape index (κ1) is 20.8. The first-order chi connectivity index (χ1) is 13.5. The van der Waals surface area contributed by atoms with Crippen LogP contribution in [0.1, 0.15) is 50.3 Å². The molecule has 1 aliphatic carbocycles. The Balaban J connectivity index is 1.78. The van der Waals surface area contributed by atoms with Gasteiger partial charge in [0.05, 0.1) is 12.1 Å². The molecule has 0 amide bonds. The van der Waals surface area contributed by atoms with Gasteiger partial charge >= 0.3 is 0 Å².